The van der Waals surface area contributed by atoms with E-state index in [1.165, 1.54) is 31.4 Å². The van der Waals surface area contributed by atoms with E-state index >= 15 is 0 Å². The average Bonchev–Trinajstić information content (AvgIpc) is 3.42. The second kappa shape index (κ2) is 7.76. The van der Waals surface area contributed by atoms with E-state index < -0.39 is 13.9 Å². The van der Waals surface area contributed by atoms with Crippen molar-refractivity contribution in [1.82, 2.24) is 0 Å². The number of benzene rings is 3. The van der Waals surface area contributed by atoms with Crippen molar-refractivity contribution in [3.63, 3.8) is 0 Å². The Balaban J connectivity index is 1.77. The van der Waals surface area contributed by atoms with E-state index in [1.807, 2.05) is 0 Å². The predicted octanol–water partition coefficient (Wildman–Crippen LogP) is 4.90. The molecule has 0 spiro atoms. The molecule has 28 heavy (non-hydrogen) atoms. The Morgan fingerprint density at radius 2 is 1.36 bits per heavy atom. The molecule has 5 rings (SSSR count). The van der Waals surface area contributed by atoms with E-state index in [2.05, 4.69) is 109 Å². The van der Waals surface area contributed by atoms with Crippen molar-refractivity contribution < 1.29 is 20.2 Å². The van der Waals surface area contributed by atoms with E-state index in [4.69, 9.17) is 0 Å². The molecule has 0 amide bonds. The van der Waals surface area contributed by atoms with Crippen LogP contribution in [0.25, 0.3) is 6.08 Å². The molecule has 3 aromatic rings. The summed E-state index contributed by atoms with van der Waals surface area (Å²) in [4.78, 5) is 0. The molecular formula is C26H21HfSn. The quantitative estimate of drug-likeness (QED) is 0.360. The molecule has 133 valence electrons. The summed E-state index contributed by atoms with van der Waals surface area (Å²) in [6, 6.07) is 32.0. The third kappa shape index (κ3) is 3.07. The van der Waals surface area contributed by atoms with Crippen LogP contribution in [0.3, 0.4) is 0 Å². The van der Waals surface area contributed by atoms with Crippen molar-refractivity contribution >= 4 is 27.2 Å². The summed E-state index contributed by atoms with van der Waals surface area (Å²) in [6.07, 6.45) is 10.4. The van der Waals surface area contributed by atoms with Crippen molar-refractivity contribution in [3.8, 4) is 0 Å². The maximum absolute atomic E-state index is 2.94. The zero-order valence-electron chi connectivity index (χ0n) is 15.7. The van der Waals surface area contributed by atoms with Crippen molar-refractivity contribution in [1.29, 1.82) is 0 Å². The summed E-state index contributed by atoms with van der Waals surface area (Å²) in [5, 5.41) is 0. The van der Waals surface area contributed by atoms with Gasteiger partial charge in [0, 0.05) is 0 Å². The third-order valence-corrected chi connectivity index (χ3v) is 38.2. The van der Waals surface area contributed by atoms with Gasteiger partial charge < -0.3 is 0 Å². The Morgan fingerprint density at radius 3 is 1.96 bits per heavy atom. The maximum atomic E-state index is 2.49. The summed E-state index contributed by atoms with van der Waals surface area (Å²) in [5.41, 5.74) is 6.09. The van der Waals surface area contributed by atoms with Crippen molar-refractivity contribution in [2.24, 2.45) is 0 Å². The fourth-order valence-electron chi connectivity index (χ4n) is 4.63. The SMILES string of the molecule is [Hf][Sn]([c]1ccccc1)([c]1ccccc1)[CH]1C(C2=CC=CC2)=Cc2ccccc21. The molecule has 2 aliphatic carbocycles. The summed E-state index contributed by atoms with van der Waals surface area (Å²) < 4.78 is 3.83. The molecule has 1 unspecified atom stereocenters. The minimum absolute atomic E-state index is 0.563. The Hall–Kier alpha value is -1.45. The molecule has 0 N–H and O–H groups in total. The molecule has 1 atom stereocenters. The predicted molar refractivity (Wildman–Crippen MR) is 117 cm³/mol. The van der Waals surface area contributed by atoms with Crippen LogP contribution in [-0.4, -0.2) is 13.9 Å². The van der Waals surface area contributed by atoms with Crippen molar-refractivity contribution in [2.45, 2.75) is 10.4 Å². The van der Waals surface area contributed by atoms with E-state index in [0.717, 1.165) is 6.42 Å². The molecule has 0 bridgehead atoms. The van der Waals surface area contributed by atoms with Gasteiger partial charge in [0.25, 0.3) is 0 Å². The van der Waals surface area contributed by atoms with Gasteiger partial charge in [-0.3, -0.25) is 0 Å². The van der Waals surface area contributed by atoms with Gasteiger partial charge in [-0.25, -0.2) is 0 Å². The number of rotatable bonds is 4. The van der Waals surface area contributed by atoms with Crippen LogP contribution in [0.2, 0.25) is 0 Å². The van der Waals surface area contributed by atoms with Crippen LogP contribution in [0.15, 0.2) is 114 Å². The van der Waals surface area contributed by atoms with Crippen LogP contribution >= 0.6 is 0 Å². The second-order valence-corrected chi connectivity index (χ2v) is 36.1. The van der Waals surface area contributed by atoms with Gasteiger partial charge in [-0.2, -0.15) is 0 Å². The van der Waals surface area contributed by atoms with Crippen molar-refractivity contribution in [3.05, 3.63) is 125 Å². The third-order valence-electron chi connectivity index (χ3n) is 5.96. The summed E-state index contributed by atoms with van der Waals surface area (Å²) >= 11 is -1.71. The molecule has 0 aromatic heterocycles. The second-order valence-electron chi connectivity index (χ2n) is 7.53. The van der Waals surface area contributed by atoms with Crippen LogP contribution in [0.4, 0.5) is 0 Å². The monoisotopic (exact) mass is 633 g/mol. The molecule has 0 saturated heterocycles. The first-order valence-electron chi connectivity index (χ1n) is 9.81. The van der Waals surface area contributed by atoms with Gasteiger partial charge in [0.1, 0.15) is 0 Å². The standard InChI is InChI=1S/C14H11.2C6H5.Hf.Sn/c1-2-6-11(5-1)14-9-12-7-3-4-8-13(12)10-14;2*1-2-4-6-5-3-1;;/h1-5,7-10H,6H2;2*1-5H;;. The van der Waals surface area contributed by atoms with Gasteiger partial charge in [-0.15, -0.1) is 0 Å². The fraction of sp³-hybridized carbons (Fsp3) is 0.0769. The molecule has 0 heterocycles. The van der Waals surface area contributed by atoms with Gasteiger partial charge >= 0.3 is 183 Å². The molecular weight excluding hydrogens is 609 g/mol. The van der Waals surface area contributed by atoms with E-state index in [-0.39, 0.29) is 0 Å². The van der Waals surface area contributed by atoms with Crippen LogP contribution in [-0.2, 0) is 20.2 Å². The topological polar surface area (TPSA) is 0 Å². The minimum atomic E-state index is -2.94. The van der Waals surface area contributed by atoms with Crippen LogP contribution in [0, 0.1) is 0 Å². The number of fused-ring (bicyclic) bond motifs is 1. The fourth-order valence-corrected chi connectivity index (χ4v) is 31.3. The first-order chi connectivity index (χ1) is 13.8. The van der Waals surface area contributed by atoms with Crippen LogP contribution < -0.4 is 7.16 Å². The first-order valence-corrected chi connectivity index (χ1v) is 27.8. The molecule has 2 aliphatic rings. The molecule has 0 fully saturated rings. The summed E-state index contributed by atoms with van der Waals surface area (Å²) in [7, 11) is 0. The molecule has 0 aliphatic heterocycles. The number of hydrogen-bond donors (Lipinski definition) is 0. The van der Waals surface area contributed by atoms with Gasteiger partial charge in [-0.1, -0.05) is 0 Å². The molecule has 2 heteroatoms. The van der Waals surface area contributed by atoms with Gasteiger partial charge in [0.15, 0.2) is 0 Å². The Kier molecular flexibility index (Phi) is 5.15. The van der Waals surface area contributed by atoms with Crippen molar-refractivity contribution in [2.75, 3.05) is 0 Å². The number of allylic oxidation sites excluding steroid dienone is 5. The normalized spacial score (nSPS) is 17.9. The zero-order chi connectivity index (χ0) is 19.0. The zero-order valence-corrected chi connectivity index (χ0v) is 22.1. The molecule has 0 radical (unpaired) electrons. The van der Waals surface area contributed by atoms with Gasteiger partial charge in [-0.05, 0) is 0 Å². The first kappa shape index (κ1) is 18.6. The van der Waals surface area contributed by atoms with Crippen LogP contribution in [0.1, 0.15) is 21.5 Å². The molecule has 3 aromatic carbocycles. The van der Waals surface area contributed by atoms with Gasteiger partial charge in [0.2, 0.25) is 0 Å². The van der Waals surface area contributed by atoms with E-state index in [1.54, 1.807) is 18.3 Å². The molecule has 0 nitrogen and oxygen atoms in total. The van der Waals surface area contributed by atoms with Crippen LogP contribution in [0.5, 0.6) is 0 Å². The summed E-state index contributed by atoms with van der Waals surface area (Å²) in [6.45, 7) is 0. The Bertz CT molecular complexity index is 1050. The summed E-state index contributed by atoms with van der Waals surface area (Å²) in [5.74, 6) is 0. The average molecular weight is 631 g/mol. The Labute approximate surface area is 181 Å². The Morgan fingerprint density at radius 1 is 0.750 bits per heavy atom. The van der Waals surface area contributed by atoms with E-state index in [9.17, 15) is 0 Å². The number of hydrogen-bond acceptors (Lipinski definition) is 0. The molecule has 0 saturated carbocycles. The van der Waals surface area contributed by atoms with E-state index in [0.29, 0.717) is 3.93 Å². The van der Waals surface area contributed by atoms with Gasteiger partial charge in [0.05, 0.1) is 0 Å².